The Morgan fingerprint density at radius 2 is 1.82 bits per heavy atom. The van der Waals surface area contributed by atoms with Gasteiger partial charge in [-0.1, -0.05) is 70.6 Å². The third-order valence-electron chi connectivity index (χ3n) is 9.81. The number of hydrogen-bond donors (Lipinski definition) is 2. The second-order valence-electron chi connectivity index (χ2n) is 12.2. The monoisotopic (exact) mass is 538 g/mol. The van der Waals surface area contributed by atoms with Crippen molar-refractivity contribution < 1.29 is 34.1 Å². The van der Waals surface area contributed by atoms with E-state index in [0.717, 1.165) is 12.8 Å². The van der Waals surface area contributed by atoms with Crippen molar-refractivity contribution in [3.05, 3.63) is 59.9 Å². The fourth-order valence-electron chi connectivity index (χ4n) is 7.99. The zero-order chi connectivity index (χ0) is 28.8. The Labute approximate surface area is 231 Å². The number of unbranched alkanes of at least 4 members (excludes halogenated alkanes) is 1. The normalized spacial score (nSPS) is 38.6. The Kier molecular flexibility index (Phi) is 7.99. The number of aliphatic hydroxyl groups is 2. The molecule has 0 heterocycles. The van der Waals surface area contributed by atoms with E-state index >= 15 is 0 Å². The van der Waals surface area contributed by atoms with Crippen LogP contribution in [0.4, 0.5) is 0 Å². The van der Waals surface area contributed by atoms with Gasteiger partial charge in [-0.05, 0) is 48.3 Å². The Hall–Kier alpha value is -2.77. The molecule has 0 spiro atoms. The quantitative estimate of drug-likeness (QED) is 0.201. The van der Waals surface area contributed by atoms with Crippen LogP contribution in [0.1, 0.15) is 60.8 Å². The van der Waals surface area contributed by atoms with Gasteiger partial charge in [0.25, 0.3) is 0 Å². The van der Waals surface area contributed by atoms with E-state index in [4.69, 9.17) is 9.47 Å². The van der Waals surface area contributed by atoms with Gasteiger partial charge in [-0.2, -0.15) is 0 Å². The number of allylic oxidation sites excluding steroid dienone is 6. The van der Waals surface area contributed by atoms with E-state index in [2.05, 4.69) is 13.0 Å². The number of esters is 2. The molecule has 4 aliphatic carbocycles. The van der Waals surface area contributed by atoms with E-state index in [1.54, 1.807) is 26.0 Å². The first kappa shape index (κ1) is 29.2. The number of carbonyl (C=O) groups excluding carboxylic acids is 3. The second kappa shape index (κ2) is 10.7. The van der Waals surface area contributed by atoms with Crippen molar-refractivity contribution in [1.82, 2.24) is 0 Å². The summed E-state index contributed by atoms with van der Waals surface area (Å²) in [4.78, 5) is 39.4. The van der Waals surface area contributed by atoms with Gasteiger partial charge in [0.1, 0.15) is 11.5 Å². The lowest BCUT2D eigenvalue weighted by Crippen LogP contribution is -2.62. The molecular weight excluding hydrogens is 496 g/mol. The molecule has 2 N–H and O–H groups in total. The number of ether oxygens (including phenoxy) is 2. The van der Waals surface area contributed by atoms with Crippen molar-refractivity contribution >= 4 is 17.7 Å². The van der Waals surface area contributed by atoms with Crippen molar-refractivity contribution in [3.8, 4) is 0 Å². The molecular formula is C32H42O7. The first-order valence-corrected chi connectivity index (χ1v) is 14.0. The maximum absolute atomic E-state index is 13.9. The van der Waals surface area contributed by atoms with Gasteiger partial charge in [-0.15, -0.1) is 0 Å². The van der Waals surface area contributed by atoms with Gasteiger partial charge in [0.15, 0.2) is 5.78 Å². The third-order valence-corrected chi connectivity index (χ3v) is 9.81. The SMILES string of the molecule is CCCC=CC=CC=COC(=O)C12C(OC(C)=O)C(C)C3(O)C4C=C(C)C(=O)C4CC(CO)=CC3C1C2(C)C. The van der Waals surface area contributed by atoms with Gasteiger partial charge < -0.3 is 19.7 Å². The van der Waals surface area contributed by atoms with E-state index in [-0.39, 0.29) is 12.4 Å². The summed E-state index contributed by atoms with van der Waals surface area (Å²) < 4.78 is 11.6. The first-order valence-electron chi connectivity index (χ1n) is 14.0. The number of rotatable bonds is 8. The first-order chi connectivity index (χ1) is 18.4. The molecule has 0 aromatic rings. The molecule has 0 bridgehead atoms. The van der Waals surface area contributed by atoms with Gasteiger partial charge in [-0.25, -0.2) is 0 Å². The van der Waals surface area contributed by atoms with Crippen LogP contribution in [-0.4, -0.2) is 46.2 Å². The lowest BCUT2D eigenvalue weighted by atomic mass is 9.58. The predicted octanol–water partition coefficient (Wildman–Crippen LogP) is 4.61. The standard InChI is InChI=1S/C32H42O7/c1-7-8-9-10-11-12-13-14-38-29(36)31-27(30(31,5)6)25-17-22(18-33)16-23-24(15-19(2)26(23)35)32(25,37)20(3)28(31)39-21(4)34/h9-15,17,20,23-25,27-28,33,37H,7-8,16,18H2,1-6H3. The zero-order valence-electron chi connectivity index (χ0n) is 23.8. The number of carbonyl (C=O) groups is 3. The molecule has 0 aliphatic heterocycles. The molecule has 212 valence electrons. The fraction of sp³-hybridized carbons (Fsp3) is 0.594. The van der Waals surface area contributed by atoms with Crippen LogP contribution in [0.25, 0.3) is 0 Å². The number of fused-ring (bicyclic) bond motifs is 5. The van der Waals surface area contributed by atoms with Gasteiger partial charge in [0.05, 0.1) is 18.5 Å². The number of hydrogen-bond acceptors (Lipinski definition) is 7. The lowest BCUT2D eigenvalue weighted by molar-refractivity contribution is -0.201. The molecule has 7 heteroatoms. The van der Waals surface area contributed by atoms with E-state index in [0.29, 0.717) is 17.6 Å². The number of ketones is 1. The molecule has 4 rings (SSSR count). The van der Waals surface area contributed by atoms with Crippen LogP contribution < -0.4 is 0 Å². The zero-order valence-corrected chi connectivity index (χ0v) is 23.8. The predicted molar refractivity (Wildman–Crippen MR) is 147 cm³/mol. The largest absolute Gasteiger partial charge is 0.461 e. The Balaban J connectivity index is 1.75. The van der Waals surface area contributed by atoms with E-state index in [1.165, 1.54) is 13.2 Å². The Bertz CT molecular complexity index is 1170. The Morgan fingerprint density at radius 3 is 2.46 bits per heavy atom. The molecule has 2 fully saturated rings. The summed E-state index contributed by atoms with van der Waals surface area (Å²) in [5.41, 5.74) is -2.12. The molecule has 8 unspecified atom stereocenters. The highest BCUT2D eigenvalue weighted by molar-refractivity contribution is 6.00. The summed E-state index contributed by atoms with van der Waals surface area (Å²) in [5, 5.41) is 22.8. The molecule has 7 nitrogen and oxygen atoms in total. The highest BCUT2D eigenvalue weighted by Crippen LogP contribution is 2.80. The number of aliphatic hydroxyl groups excluding tert-OH is 1. The van der Waals surface area contributed by atoms with Crippen LogP contribution in [0.3, 0.4) is 0 Å². The fourth-order valence-corrected chi connectivity index (χ4v) is 7.99. The molecule has 0 aromatic carbocycles. The molecule has 8 atom stereocenters. The van der Waals surface area contributed by atoms with Crippen LogP contribution in [0, 0.1) is 40.4 Å². The van der Waals surface area contributed by atoms with Gasteiger partial charge in [-0.3, -0.25) is 14.4 Å². The summed E-state index contributed by atoms with van der Waals surface area (Å²) in [6.07, 6.45) is 15.7. The minimum absolute atomic E-state index is 0.0429. The average Bonchev–Trinajstić information content (AvgIpc) is 3.32. The summed E-state index contributed by atoms with van der Waals surface area (Å²) in [6, 6.07) is 0. The highest BCUT2D eigenvalue weighted by Gasteiger charge is 2.88. The molecule has 2 saturated carbocycles. The van der Waals surface area contributed by atoms with Gasteiger partial charge in [0.2, 0.25) is 0 Å². The lowest BCUT2D eigenvalue weighted by Gasteiger charge is -2.51. The minimum Gasteiger partial charge on any atom is -0.461 e. The smallest absolute Gasteiger partial charge is 0.321 e. The molecule has 0 radical (unpaired) electrons. The van der Waals surface area contributed by atoms with Crippen molar-refractivity contribution in [2.24, 2.45) is 40.4 Å². The van der Waals surface area contributed by atoms with Crippen molar-refractivity contribution in [2.45, 2.75) is 72.5 Å². The molecule has 39 heavy (non-hydrogen) atoms. The highest BCUT2D eigenvalue weighted by atomic mass is 16.6. The van der Waals surface area contributed by atoms with Gasteiger partial charge in [0, 0.05) is 30.6 Å². The number of Topliss-reactive ketones (excluding diaryl/α,β-unsaturated/α-hetero) is 1. The van der Waals surface area contributed by atoms with E-state index < -0.39 is 64.1 Å². The average molecular weight is 539 g/mol. The topological polar surface area (TPSA) is 110 Å². The molecule has 0 aromatic heterocycles. The van der Waals surface area contributed by atoms with Crippen molar-refractivity contribution in [1.29, 1.82) is 0 Å². The van der Waals surface area contributed by atoms with Gasteiger partial charge >= 0.3 is 11.9 Å². The van der Waals surface area contributed by atoms with Crippen LogP contribution in [0.15, 0.2) is 59.9 Å². The van der Waals surface area contributed by atoms with Crippen LogP contribution in [0.2, 0.25) is 0 Å². The van der Waals surface area contributed by atoms with E-state index in [1.807, 2.05) is 38.2 Å². The maximum atomic E-state index is 13.9. The van der Waals surface area contributed by atoms with E-state index in [9.17, 15) is 24.6 Å². The second-order valence-corrected chi connectivity index (χ2v) is 12.2. The summed E-state index contributed by atoms with van der Waals surface area (Å²) >= 11 is 0. The maximum Gasteiger partial charge on any atom is 0.321 e. The van der Waals surface area contributed by atoms with Crippen molar-refractivity contribution in [2.75, 3.05) is 6.61 Å². The van der Waals surface area contributed by atoms with Crippen molar-refractivity contribution in [3.63, 3.8) is 0 Å². The summed E-state index contributed by atoms with van der Waals surface area (Å²) in [6.45, 7) is 10.6. The van der Waals surface area contributed by atoms with Crippen LogP contribution in [0.5, 0.6) is 0 Å². The van der Waals surface area contributed by atoms with Crippen LogP contribution in [-0.2, 0) is 23.9 Å². The molecule has 4 aliphatic rings. The minimum atomic E-state index is -1.47. The van der Waals surface area contributed by atoms with Crippen LogP contribution >= 0.6 is 0 Å². The third kappa shape index (κ3) is 4.38. The molecule has 0 saturated heterocycles. The molecule has 0 amide bonds. The Morgan fingerprint density at radius 1 is 1.13 bits per heavy atom. The summed E-state index contributed by atoms with van der Waals surface area (Å²) in [7, 11) is 0. The summed E-state index contributed by atoms with van der Waals surface area (Å²) in [5.74, 6) is -3.83.